The van der Waals surface area contributed by atoms with Gasteiger partial charge in [-0.1, -0.05) is 20.3 Å². The van der Waals surface area contributed by atoms with Crippen molar-refractivity contribution >= 4 is 0 Å². The molecule has 0 aromatic rings. The van der Waals surface area contributed by atoms with Crippen molar-refractivity contribution in [2.75, 3.05) is 26.2 Å². The lowest BCUT2D eigenvalue weighted by Gasteiger charge is -2.21. The molecule has 0 heterocycles. The van der Waals surface area contributed by atoms with Gasteiger partial charge in [-0.25, -0.2) is 0 Å². The third kappa shape index (κ3) is 3.56. The predicted molar refractivity (Wildman–Crippen MR) is 61.4 cm³/mol. The predicted octanol–water partition coefficient (Wildman–Crippen LogP) is 0.798. The van der Waals surface area contributed by atoms with Crippen LogP contribution in [0.2, 0.25) is 0 Å². The van der Waals surface area contributed by atoms with Crippen LogP contribution in [0.1, 0.15) is 33.1 Å². The fourth-order valence-corrected chi connectivity index (χ4v) is 2.19. The number of nitrogens with one attached hydrogen (secondary N) is 1. The zero-order valence-corrected chi connectivity index (χ0v) is 9.63. The van der Waals surface area contributed by atoms with Crippen molar-refractivity contribution in [1.29, 1.82) is 0 Å². The minimum atomic E-state index is 0.395. The Labute approximate surface area is 88.0 Å². The molecular weight excluding hydrogens is 174 g/mol. The fourth-order valence-electron chi connectivity index (χ4n) is 2.19. The van der Waals surface area contributed by atoms with Crippen LogP contribution in [0.15, 0.2) is 0 Å². The molecule has 1 saturated carbocycles. The molecule has 1 aliphatic carbocycles. The Hall–Kier alpha value is -0.120. The summed E-state index contributed by atoms with van der Waals surface area (Å²) in [5.74, 6) is 0. The fraction of sp³-hybridized carbons (Fsp3) is 1.00. The van der Waals surface area contributed by atoms with Crippen LogP contribution in [0.3, 0.4) is 0 Å². The van der Waals surface area contributed by atoms with Gasteiger partial charge in [0.1, 0.15) is 0 Å². The Morgan fingerprint density at radius 2 is 2.00 bits per heavy atom. The highest BCUT2D eigenvalue weighted by Crippen LogP contribution is 2.16. The summed E-state index contributed by atoms with van der Waals surface area (Å²) >= 11 is 0. The molecule has 0 bridgehead atoms. The Morgan fingerprint density at radius 1 is 1.29 bits per heavy atom. The maximum atomic E-state index is 5.98. The smallest absolute Gasteiger partial charge is 0.0219 e. The van der Waals surface area contributed by atoms with Crippen molar-refractivity contribution in [1.82, 2.24) is 10.2 Å². The highest BCUT2D eigenvalue weighted by molar-refractivity contribution is 4.85. The minimum absolute atomic E-state index is 0.395. The molecule has 1 aliphatic rings. The van der Waals surface area contributed by atoms with Crippen LogP contribution in [0.25, 0.3) is 0 Å². The monoisotopic (exact) mass is 199 g/mol. The Balaban J connectivity index is 2.08. The van der Waals surface area contributed by atoms with Gasteiger partial charge in [-0.15, -0.1) is 0 Å². The Morgan fingerprint density at radius 3 is 2.50 bits per heavy atom. The lowest BCUT2D eigenvalue weighted by Crippen LogP contribution is -2.44. The van der Waals surface area contributed by atoms with Crippen LogP contribution in [-0.2, 0) is 0 Å². The topological polar surface area (TPSA) is 41.3 Å². The third-order valence-electron chi connectivity index (χ3n) is 3.30. The number of nitrogens with zero attached hydrogens (tertiary/aromatic N) is 1. The van der Waals surface area contributed by atoms with Crippen molar-refractivity contribution in [2.24, 2.45) is 5.73 Å². The van der Waals surface area contributed by atoms with Crippen molar-refractivity contribution in [2.45, 2.75) is 45.2 Å². The van der Waals surface area contributed by atoms with Gasteiger partial charge in [0, 0.05) is 25.2 Å². The molecule has 0 radical (unpaired) electrons. The van der Waals surface area contributed by atoms with Crippen molar-refractivity contribution in [3.63, 3.8) is 0 Å². The van der Waals surface area contributed by atoms with E-state index in [0.717, 1.165) is 26.2 Å². The molecule has 0 aromatic carbocycles. The lowest BCUT2D eigenvalue weighted by molar-refractivity contribution is 0.294. The molecular formula is C11H25N3. The van der Waals surface area contributed by atoms with E-state index >= 15 is 0 Å². The van der Waals surface area contributed by atoms with Crippen LogP contribution >= 0.6 is 0 Å². The summed E-state index contributed by atoms with van der Waals surface area (Å²) in [5.41, 5.74) is 5.98. The highest BCUT2D eigenvalue weighted by Gasteiger charge is 2.22. The number of likely N-dealkylation sites (N-methyl/N-ethyl adjacent to an activating group) is 1. The van der Waals surface area contributed by atoms with Crippen LogP contribution < -0.4 is 11.1 Å². The SMILES string of the molecule is CCN(CC)CCN[C@@H]1CCC[C@H]1N. The molecule has 0 spiro atoms. The summed E-state index contributed by atoms with van der Waals surface area (Å²) in [7, 11) is 0. The van der Waals surface area contributed by atoms with E-state index in [4.69, 9.17) is 5.73 Å². The van der Waals surface area contributed by atoms with Gasteiger partial charge in [-0.05, 0) is 25.9 Å². The van der Waals surface area contributed by atoms with Gasteiger partial charge in [0.15, 0.2) is 0 Å². The van der Waals surface area contributed by atoms with Crippen LogP contribution in [0, 0.1) is 0 Å². The average Bonchev–Trinajstić information content (AvgIpc) is 2.59. The molecule has 0 aliphatic heterocycles. The highest BCUT2D eigenvalue weighted by atomic mass is 15.1. The van der Waals surface area contributed by atoms with Gasteiger partial charge >= 0.3 is 0 Å². The first-order valence-corrected chi connectivity index (χ1v) is 5.99. The summed E-state index contributed by atoms with van der Waals surface area (Å²) in [6.45, 7) is 8.95. The summed E-state index contributed by atoms with van der Waals surface area (Å²) in [6, 6.07) is 0.970. The third-order valence-corrected chi connectivity index (χ3v) is 3.30. The van der Waals surface area contributed by atoms with Crippen molar-refractivity contribution in [3.8, 4) is 0 Å². The van der Waals surface area contributed by atoms with Crippen LogP contribution in [-0.4, -0.2) is 43.2 Å². The molecule has 1 rings (SSSR count). The number of rotatable bonds is 6. The summed E-state index contributed by atoms with van der Waals surface area (Å²) < 4.78 is 0. The van der Waals surface area contributed by atoms with E-state index in [-0.39, 0.29) is 0 Å². The van der Waals surface area contributed by atoms with E-state index in [1.807, 2.05) is 0 Å². The minimum Gasteiger partial charge on any atom is -0.326 e. The van der Waals surface area contributed by atoms with Gasteiger partial charge in [0.2, 0.25) is 0 Å². The first-order valence-electron chi connectivity index (χ1n) is 5.99. The van der Waals surface area contributed by atoms with Gasteiger partial charge in [0.25, 0.3) is 0 Å². The first kappa shape index (κ1) is 12.0. The van der Waals surface area contributed by atoms with E-state index in [9.17, 15) is 0 Å². The van der Waals surface area contributed by atoms with Gasteiger partial charge in [-0.2, -0.15) is 0 Å². The van der Waals surface area contributed by atoms with Gasteiger partial charge in [-0.3, -0.25) is 0 Å². The second kappa shape index (κ2) is 6.38. The standard InChI is InChI=1S/C11H25N3/c1-3-14(4-2)9-8-13-11-7-5-6-10(11)12/h10-11,13H,3-9,12H2,1-2H3/t10-,11-/m1/s1. The van der Waals surface area contributed by atoms with Crippen LogP contribution in [0.4, 0.5) is 0 Å². The Bertz CT molecular complexity index is 145. The van der Waals surface area contributed by atoms with E-state index in [0.29, 0.717) is 12.1 Å². The summed E-state index contributed by atoms with van der Waals surface area (Å²) in [6.07, 6.45) is 3.76. The number of hydrogen-bond donors (Lipinski definition) is 2. The summed E-state index contributed by atoms with van der Waals surface area (Å²) in [5, 5.41) is 3.56. The molecule has 14 heavy (non-hydrogen) atoms. The Kier molecular flexibility index (Phi) is 5.45. The van der Waals surface area contributed by atoms with Gasteiger partial charge in [0.05, 0.1) is 0 Å². The summed E-state index contributed by atoms with van der Waals surface area (Å²) in [4.78, 5) is 2.44. The quantitative estimate of drug-likeness (QED) is 0.665. The molecule has 0 saturated heterocycles. The zero-order chi connectivity index (χ0) is 10.4. The molecule has 3 N–H and O–H groups in total. The normalized spacial score (nSPS) is 27.4. The molecule has 0 amide bonds. The maximum Gasteiger partial charge on any atom is 0.0219 e. The average molecular weight is 199 g/mol. The maximum absolute atomic E-state index is 5.98. The molecule has 2 atom stereocenters. The largest absolute Gasteiger partial charge is 0.326 e. The molecule has 0 aromatic heterocycles. The van der Waals surface area contributed by atoms with Crippen LogP contribution in [0.5, 0.6) is 0 Å². The van der Waals surface area contributed by atoms with Crippen molar-refractivity contribution in [3.05, 3.63) is 0 Å². The molecule has 1 fully saturated rings. The molecule has 0 unspecified atom stereocenters. The first-order chi connectivity index (χ1) is 6.77. The number of hydrogen-bond acceptors (Lipinski definition) is 3. The van der Waals surface area contributed by atoms with Crippen molar-refractivity contribution < 1.29 is 0 Å². The second-order valence-corrected chi connectivity index (χ2v) is 4.18. The van der Waals surface area contributed by atoms with Gasteiger partial charge < -0.3 is 16.0 Å². The van der Waals surface area contributed by atoms with E-state index < -0.39 is 0 Å². The second-order valence-electron chi connectivity index (χ2n) is 4.18. The number of nitrogens with two attached hydrogens (primary N) is 1. The molecule has 3 heteroatoms. The van der Waals surface area contributed by atoms with E-state index in [1.54, 1.807) is 0 Å². The zero-order valence-electron chi connectivity index (χ0n) is 9.63. The van der Waals surface area contributed by atoms with E-state index in [1.165, 1.54) is 19.3 Å². The lowest BCUT2D eigenvalue weighted by atomic mass is 10.2. The molecule has 84 valence electrons. The molecule has 3 nitrogen and oxygen atoms in total. The van der Waals surface area contributed by atoms with E-state index in [2.05, 4.69) is 24.1 Å².